The summed E-state index contributed by atoms with van der Waals surface area (Å²) in [7, 11) is 0. The van der Waals surface area contributed by atoms with Crippen LogP contribution in [0.25, 0.3) is 0 Å². The lowest BCUT2D eigenvalue weighted by molar-refractivity contribution is 0.544. The maximum absolute atomic E-state index is 4.97. The highest BCUT2D eigenvalue weighted by Crippen LogP contribution is 2.08. The van der Waals surface area contributed by atoms with Gasteiger partial charge in [-0.15, -0.1) is 0 Å². The maximum atomic E-state index is 4.97. The van der Waals surface area contributed by atoms with Crippen LogP contribution in [0.3, 0.4) is 0 Å². The van der Waals surface area contributed by atoms with Crippen molar-refractivity contribution in [3.8, 4) is 0 Å². The molecule has 0 bridgehead atoms. The predicted octanol–water partition coefficient (Wildman–Crippen LogP) is 3.59. The normalized spacial score (nSPS) is 10.4. The Morgan fingerprint density at radius 2 is 1.90 bits per heavy atom. The van der Waals surface area contributed by atoms with Gasteiger partial charge in [0.25, 0.3) is 0 Å². The van der Waals surface area contributed by atoms with Gasteiger partial charge in [-0.25, -0.2) is 0 Å². The summed E-state index contributed by atoms with van der Waals surface area (Å²) >= 11 is 4.97. The van der Waals surface area contributed by atoms with Gasteiger partial charge in [0.2, 0.25) is 0 Å². The van der Waals surface area contributed by atoms with Gasteiger partial charge in [-0.2, -0.15) is 0 Å². The van der Waals surface area contributed by atoms with Crippen molar-refractivity contribution in [3.63, 3.8) is 0 Å². The third kappa shape index (κ3) is 8.09. The van der Waals surface area contributed by atoms with E-state index in [9.17, 15) is 0 Å². The van der Waals surface area contributed by atoms with Gasteiger partial charge in [0.15, 0.2) is 0 Å². The molecule has 0 aliphatic heterocycles. The maximum Gasteiger partial charge on any atom is -0.0102 e. The first-order valence-corrected chi connectivity index (χ1v) is 4.53. The minimum absolute atomic E-state index is 0.852. The van der Waals surface area contributed by atoms with E-state index in [-0.39, 0.29) is 0 Å². The lowest BCUT2D eigenvalue weighted by Crippen LogP contribution is -1.90. The summed E-state index contributed by atoms with van der Waals surface area (Å²) in [5, 5.41) is 0. The number of rotatable bonds is 5. The van der Waals surface area contributed by atoms with Crippen molar-refractivity contribution in [2.24, 2.45) is 5.92 Å². The summed E-state index contributed by atoms with van der Waals surface area (Å²) in [5.74, 6) is 0.852. The van der Waals surface area contributed by atoms with Crippen molar-refractivity contribution in [2.45, 2.75) is 46.5 Å². The van der Waals surface area contributed by atoms with E-state index in [1.165, 1.54) is 19.3 Å². The van der Waals surface area contributed by atoms with E-state index >= 15 is 0 Å². The fourth-order valence-electron chi connectivity index (χ4n) is 0.927. The van der Waals surface area contributed by atoms with E-state index in [2.05, 4.69) is 13.8 Å². The zero-order valence-electron chi connectivity index (χ0n) is 7.31. The molecule has 0 saturated carbocycles. The van der Waals surface area contributed by atoms with Crippen LogP contribution >= 0.6 is 12.2 Å². The van der Waals surface area contributed by atoms with Gasteiger partial charge in [0.1, 0.15) is 0 Å². The van der Waals surface area contributed by atoms with Crippen molar-refractivity contribution < 1.29 is 0 Å². The van der Waals surface area contributed by atoms with Gasteiger partial charge < -0.3 is 0 Å². The molecule has 0 spiro atoms. The number of hydrogen-bond donors (Lipinski definition) is 0. The Balaban J connectivity index is 2.98. The Bertz CT molecular complexity index is 94.9. The van der Waals surface area contributed by atoms with E-state index < -0.39 is 0 Å². The summed E-state index contributed by atoms with van der Waals surface area (Å²) in [4.78, 5) is 1.16. The molecule has 0 amide bonds. The van der Waals surface area contributed by atoms with Crippen LogP contribution in [-0.2, 0) is 0 Å². The lowest BCUT2D eigenvalue weighted by atomic mass is 10.0. The zero-order valence-corrected chi connectivity index (χ0v) is 8.13. The van der Waals surface area contributed by atoms with Crippen molar-refractivity contribution in [2.75, 3.05) is 0 Å². The summed E-state index contributed by atoms with van der Waals surface area (Å²) < 4.78 is 0. The number of hydrogen-bond acceptors (Lipinski definition) is 1. The van der Waals surface area contributed by atoms with Crippen molar-refractivity contribution in [1.82, 2.24) is 0 Å². The fraction of sp³-hybridized carbons (Fsp3) is 0.889. The number of unbranched alkanes of at least 4 members (excludes halogenated alkanes) is 1. The van der Waals surface area contributed by atoms with E-state index in [1.54, 1.807) is 0 Å². The second-order valence-corrected chi connectivity index (χ2v) is 4.04. The molecule has 0 heterocycles. The predicted molar refractivity (Wildman–Crippen MR) is 51.6 cm³/mol. The summed E-state index contributed by atoms with van der Waals surface area (Å²) in [5.41, 5.74) is 0. The molecule has 0 nitrogen and oxygen atoms in total. The van der Waals surface area contributed by atoms with E-state index in [1.807, 2.05) is 6.92 Å². The topological polar surface area (TPSA) is 0 Å². The van der Waals surface area contributed by atoms with Crippen molar-refractivity contribution >= 4 is 17.1 Å². The second-order valence-electron chi connectivity index (χ2n) is 3.34. The van der Waals surface area contributed by atoms with Crippen LogP contribution in [0.5, 0.6) is 0 Å². The van der Waals surface area contributed by atoms with Gasteiger partial charge in [-0.1, -0.05) is 38.9 Å². The quantitative estimate of drug-likeness (QED) is 0.435. The Kier molecular flexibility index (Phi) is 5.90. The molecule has 1 heteroatoms. The monoisotopic (exact) mass is 158 g/mol. The Labute approximate surface area is 70.0 Å². The molecule has 0 unspecified atom stereocenters. The standard InChI is InChI=1S/C9H18S/c1-8(2)6-4-5-7-9(3)10/h8H,4-7H2,1-3H3. The van der Waals surface area contributed by atoms with E-state index in [4.69, 9.17) is 12.2 Å². The van der Waals surface area contributed by atoms with E-state index in [0.717, 1.165) is 17.2 Å². The highest BCUT2D eigenvalue weighted by Gasteiger charge is 1.94. The van der Waals surface area contributed by atoms with E-state index in [0.29, 0.717) is 0 Å². The van der Waals surface area contributed by atoms with Crippen LogP contribution in [0.2, 0.25) is 0 Å². The molecule has 0 radical (unpaired) electrons. The molecular weight excluding hydrogens is 140 g/mol. The third-order valence-corrected chi connectivity index (χ3v) is 1.76. The first-order chi connectivity index (χ1) is 4.63. The minimum atomic E-state index is 0.852. The zero-order chi connectivity index (χ0) is 7.98. The first kappa shape index (κ1) is 10.1. The van der Waals surface area contributed by atoms with Crippen LogP contribution in [0, 0.1) is 5.92 Å². The molecule has 0 fully saturated rings. The van der Waals surface area contributed by atoms with Gasteiger partial charge in [-0.05, 0) is 30.5 Å². The molecule has 0 atom stereocenters. The Morgan fingerprint density at radius 3 is 2.30 bits per heavy atom. The highest BCUT2D eigenvalue weighted by molar-refractivity contribution is 7.80. The molecule has 0 aromatic rings. The van der Waals surface area contributed by atoms with Crippen molar-refractivity contribution in [1.29, 1.82) is 0 Å². The second kappa shape index (κ2) is 5.84. The molecule has 10 heavy (non-hydrogen) atoms. The van der Waals surface area contributed by atoms with Gasteiger partial charge in [0.05, 0.1) is 0 Å². The number of thiocarbonyl (C=S) groups is 1. The van der Waals surface area contributed by atoms with Crippen LogP contribution in [0.15, 0.2) is 0 Å². The lowest BCUT2D eigenvalue weighted by Gasteiger charge is -2.02. The molecule has 0 saturated heterocycles. The van der Waals surface area contributed by atoms with Crippen LogP contribution in [0.4, 0.5) is 0 Å². The minimum Gasteiger partial charge on any atom is -0.0900 e. The first-order valence-electron chi connectivity index (χ1n) is 4.12. The largest absolute Gasteiger partial charge is 0.0900 e. The van der Waals surface area contributed by atoms with Crippen LogP contribution < -0.4 is 0 Å². The highest BCUT2D eigenvalue weighted by atomic mass is 32.1. The molecule has 0 aromatic heterocycles. The average molecular weight is 158 g/mol. The molecular formula is C9H18S. The van der Waals surface area contributed by atoms with Gasteiger partial charge in [0, 0.05) is 0 Å². The fourth-order valence-corrected chi connectivity index (χ4v) is 1.07. The van der Waals surface area contributed by atoms with Crippen LogP contribution in [-0.4, -0.2) is 4.86 Å². The average Bonchev–Trinajstić information content (AvgIpc) is 1.79. The molecule has 0 rings (SSSR count). The third-order valence-electron chi connectivity index (χ3n) is 1.56. The molecule has 0 aromatic carbocycles. The van der Waals surface area contributed by atoms with Gasteiger partial charge >= 0.3 is 0 Å². The summed E-state index contributed by atoms with van der Waals surface area (Å²) in [6.45, 7) is 6.57. The van der Waals surface area contributed by atoms with Crippen molar-refractivity contribution in [3.05, 3.63) is 0 Å². The SMILES string of the molecule is CC(=S)CCCCC(C)C. The Morgan fingerprint density at radius 1 is 1.30 bits per heavy atom. The van der Waals surface area contributed by atoms with Crippen LogP contribution in [0.1, 0.15) is 46.5 Å². The molecule has 60 valence electrons. The molecule has 0 aliphatic carbocycles. The molecule has 0 N–H and O–H groups in total. The molecule has 0 aliphatic rings. The van der Waals surface area contributed by atoms with Gasteiger partial charge in [-0.3, -0.25) is 0 Å². The smallest absolute Gasteiger partial charge is 0.0102 e. The Hall–Kier alpha value is 0.0900. The summed E-state index contributed by atoms with van der Waals surface area (Å²) in [6, 6.07) is 0. The summed E-state index contributed by atoms with van der Waals surface area (Å²) in [6.07, 6.45) is 5.11.